The fraction of sp³-hybridized carbons (Fsp3) is 0.500. The molecule has 102 valence electrons. The van der Waals surface area contributed by atoms with Crippen molar-refractivity contribution in [3.8, 4) is 0 Å². The van der Waals surface area contributed by atoms with Crippen molar-refractivity contribution in [2.75, 3.05) is 18.1 Å². The molecule has 19 heavy (non-hydrogen) atoms. The number of nitrogens with zero attached hydrogens (tertiary/aromatic N) is 2. The van der Waals surface area contributed by atoms with Gasteiger partial charge >= 0.3 is 0 Å². The average molecular weight is 294 g/mol. The highest BCUT2D eigenvalue weighted by Crippen LogP contribution is 2.32. The molecule has 2 aromatic heterocycles. The maximum absolute atomic E-state index is 5.84. The van der Waals surface area contributed by atoms with Crippen LogP contribution in [-0.4, -0.2) is 27.9 Å². The predicted molar refractivity (Wildman–Crippen MR) is 80.8 cm³/mol. The molecule has 1 saturated heterocycles. The van der Waals surface area contributed by atoms with Crippen LogP contribution in [0.25, 0.3) is 0 Å². The van der Waals surface area contributed by atoms with E-state index in [9.17, 15) is 0 Å². The Balaban J connectivity index is 1.79. The van der Waals surface area contributed by atoms with Gasteiger partial charge in [0.2, 0.25) is 0 Å². The SMILES string of the molecule is Cc1ccc([C@H]2CSCCN2Cc2scnc2C)o1. The van der Waals surface area contributed by atoms with E-state index < -0.39 is 0 Å². The Kier molecular flexibility index (Phi) is 3.96. The number of thioether (sulfide) groups is 1. The number of aryl methyl sites for hydroxylation is 2. The summed E-state index contributed by atoms with van der Waals surface area (Å²) in [6.45, 7) is 6.21. The largest absolute Gasteiger partial charge is 0.465 e. The fourth-order valence-electron chi connectivity index (χ4n) is 2.38. The molecule has 3 heterocycles. The van der Waals surface area contributed by atoms with Gasteiger partial charge in [0.1, 0.15) is 11.5 Å². The summed E-state index contributed by atoms with van der Waals surface area (Å²) in [5, 5.41) is 0. The van der Waals surface area contributed by atoms with Crippen molar-refractivity contribution in [3.63, 3.8) is 0 Å². The minimum atomic E-state index is 0.397. The minimum absolute atomic E-state index is 0.397. The van der Waals surface area contributed by atoms with Gasteiger partial charge in [-0.2, -0.15) is 11.8 Å². The van der Waals surface area contributed by atoms with Crippen LogP contribution in [0.5, 0.6) is 0 Å². The zero-order valence-electron chi connectivity index (χ0n) is 11.3. The van der Waals surface area contributed by atoms with Crippen LogP contribution in [0.2, 0.25) is 0 Å². The molecule has 0 N–H and O–H groups in total. The number of thiazole rings is 1. The van der Waals surface area contributed by atoms with Gasteiger partial charge in [-0.15, -0.1) is 11.3 Å². The molecule has 0 spiro atoms. The molecule has 0 saturated carbocycles. The number of furan rings is 1. The van der Waals surface area contributed by atoms with Crippen molar-refractivity contribution in [1.82, 2.24) is 9.88 Å². The summed E-state index contributed by atoms with van der Waals surface area (Å²) in [6.07, 6.45) is 0. The van der Waals surface area contributed by atoms with Crippen LogP contribution in [0.1, 0.15) is 28.1 Å². The van der Waals surface area contributed by atoms with E-state index in [0.29, 0.717) is 6.04 Å². The first kappa shape index (κ1) is 13.2. The first-order valence-corrected chi connectivity index (χ1v) is 8.54. The minimum Gasteiger partial charge on any atom is -0.465 e. The van der Waals surface area contributed by atoms with Gasteiger partial charge < -0.3 is 4.42 Å². The van der Waals surface area contributed by atoms with Crippen molar-refractivity contribution < 1.29 is 4.42 Å². The smallest absolute Gasteiger partial charge is 0.122 e. The van der Waals surface area contributed by atoms with Gasteiger partial charge in [-0.25, -0.2) is 4.98 Å². The zero-order chi connectivity index (χ0) is 13.2. The second kappa shape index (κ2) is 5.69. The van der Waals surface area contributed by atoms with E-state index in [4.69, 9.17) is 4.42 Å². The molecule has 0 aliphatic carbocycles. The molecule has 0 bridgehead atoms. The van der Waals surface area contributed by atoms with Crippen LogP contribution in [0.3, 0.4) is 0 Å². The van der Waals surface area contributed by atoms with E-state index in [1.165, 1.54) is 10.6 Å². The summed E-state index contributed by atoms with van der Waals surface area (Å²) in [6, 6.07) is 4.58. The molecule has 1 fully saturated rings. The lowest BCUT2D eigenvalue weighted by molar-refractivity contribution is 0.188. The van der Waals surface area contributed by atoms with Crippen molar-refractivity contribution >= 4 is 23.1 Å². The van der Waals surface area contributed by atoms with Crippen molar-refractivity contribution in [2.24, 2.45) is 0 Å². The lowest BCUT2D eigenvalue weighted by atomic mass is 10.2. The first-order valence-electron chi connectivity index (χ1n) is 6.51. The molecule has 1 aliphatic heterocycles. The highest BCUT2D eigenvalue weighted by atomic mass is 32.2. The zero-order valence-corrected chi connectivity index (χ0v) is 12.9. The van der Waals surface area contributed by atoms with E-state index in [-0.39, 0.29) is 0 Å². The molecule has 0 radical (unpaired) electrons. The van der Waals surface area contributed by atoms with Gasteiger partial charge in [-0.1, -0.05) is 0 Å². The molecule has 1 atom stereocenters. The third-order valence-electron chi connectivity index (χ3n) is 3.52. The van der Waals surface area contributed by atoms with Gasteiger partial charge in [0.05, 0.1) is 17.2 Å². The molecule has 0 unspecified atom stereocenters. The summed E-state index contributed by atoms with van der Waals surface area (Å²) >= 11 is 3.77. The van der Waals surface area contributed by atoms with Crippen molar-refractivity contribution in [2.45, 2.75) is 26.4 Å². The summed E-state index contributed by atoms with van der Waals surface area (Å²) in [7, 11) is 0. The lowest BCUT2D eigenvalue weighted by Crippen LogP contribution is -2.35. The lowest BCUT2D eigenvalue weighted by Gasteiger charge is -2.33. The van der Waals surface area contributed by atoms with Gasteiger partial charge in [0, 0.05) is 29.5 Å². The standard InChI is InChI=1S/C14H18N2OS2/c1-10-3-4-13(17-10)12-8-18-6-5-16(12)7-14-11(2)15-9-19-14/h3-4,9,12H,5-8H2,1-2H3/t12-/m1/s1. The van der Waals surface area contributed by atoms with Crippen LogP contribution in [0.15, 0.2) is 22.1 Å². The number of rotatable bonds is 3. The van der Waals surface area contributed by atoms with Crippen LogP contribution in [-0.2, 0) is 6.54 Å². The molecule has 3 rings (SSSR count). The molecule has 0 aromatic carbocycles. The van der Waals surface area contributed by atoms with Gasteiger partial charge in [-0.3, -0.25) is 4.90 Å². The number of hydrogen-bond acceptors (Lipinski definition) is 5. The van der Waals surface area contributed by atoms with Gasteiger partial charge in [0.15, 0.2) is 0 Å². The maximum Gasteiger partial charge on any atom is 0.122 e. The second-order valence-electron chi connectivity index (χ2n) is 4.87. The van der Waals surface area contributed by atoms with Crippen molar-refractivity contribution in [1.29, 1.82) is 0 Å². The van der Waals surface area contributed by atoms with Gasteiger partial charge in [0.25, 0.3) is 0 Å². The Morgan fingerprint density at radius 3 is 3.00 bits per heavy atom. The fourth-order valence-corrected chi connectivity index (χ4v) is 4.31. The summed E-state index contributed by atoms with van der Waals surface area (Å²) in [5.41, 5.74) is 3.10. The molecule has 1 aliphatic rings. The van der Waals surface area contributed by atoms with Gasteiger partial charge in [-0.05, 0) is 26.0 Å². The molecule has 0 amide bonds. The number of hydrogen-bond donors (Lipinski definition) is 0. The molecule has 5 heteroatoms. The van der Waals surface area contributed by atoms with Crippen molar-refractivity contribution in [3.05, 3.63) is 39.7 Å². The van der Waals surface area contributed by atoms with E-state index in [2.05, 4.69) is 28.9 Å². The predicted octanol–water partition coefficient (Wildman–Crippen LogP) is 3.64. The topological polar surface area (TPSA) is 29.3 Å². The Bertz CT molecular complexity index is 549. The van der Waals surface area contributed by atoms with E-state index in [0.717, 1.165) is 36.1 Å². The number of aromatic nitrogens is 1. The third kappa shape index (κ3) is 2.88. The van der Waals surface area contributed by atoms with Crippen LogP contribution in [0.4, 0.5) is 0 Å². The summed E-state index contributed by atoms with van der Waals surface area (Å²) in [4.78, 5) is 8.25. The molecular weight excluding hydrogens is 276 g/mol. The summed E-state index contributed by atoms with van der Waals surface area (Å²) < 4.78 is 5.84. The Hall–Kier alpha value is -0.780. The van der Waals surface area contributed by atoms with E-state index in [1.807, 2.05) is 24.2 Å². The second-order valence-corrected chi connectivity index (χ2v) is 6.96. The third-order valence-corrected chi connectivity index (χ3v) is 5.46. The Morgan fingerprint density at radius 1 is 1.42 bits per heavy atom. The van der Waals surface area contributed by atoms with Crippen LogP contribution in [0, 0.1) is 13.8 Å². The summed E-state index contributed by atoms with van der Waals surface area (Å²) in [5.74, 6) is 4.42. The highest BCUT2D eigenvalue weighted by molar-refractivity contribution is 7.99. The molecule has 2 aromatic rings. The maximum atomic E-state index is 5.84. The van der Waals surface area contributed by atoms with Crippen LogP contribution >= 0.6 is 23.1 Å². The average Bonchev–Trinajstić information content (AvgIpc) is 3.00. The Labute approximate surface area is 122 Å². The van der Waals surface area contributed by atoms with E-state index >= 15 is 0 Å². The highest BCUT2D eigenvalue weighted by Gasteiger charge is 2.27. The quantitative estimate of drug-likeness (QED) is 0.864. The monoisotopic (exact) mass is 294 g/mol. The molecule has 3 nitrogen and oxygen atoms in total. The first-order chi connectivity index (χ1) is 9.24. The normalized spacial score (nSPS) is 20.8. The molecular formula is C14H18N2OS2. The Morgan fingerprint density at radius 2 is 2.32 bits per heavy atom. The van der Waals surface area contributed by atoms with E-state index in [1.54, 1.807) is 11.3 Å². The van der Waals surface area contributed by atoms with Crippen LogP contribution < -0.4 is 0 Å².